The largest absolute Gasteiger partial charge is 0.466 e. The fourth-order valence-electron chi connectivity index (χ4n) is 9.65. The first-order valence-electron chi connectivity index (χ1n) is 25.2. The molecular formula is C60H74O7P2Si2. The van der Waals surface area contributed by atoms with E-state index in [4.69, 9.17) is 26.5 Å². The Morgan fingerprint density at radius 2 is 0.930 bits per heavy atom. The average molecular weight is 1030 g/mol. The van der Waals surface area contributed by atoms with Crippen LogP contribution in [0, 0.1) is 27.7 Å². The minimum absolute atomic E-state index is 0.229. The second-order valence-electron chi connectivity index (χ2n) is 23.9. The van der Waals surface area contributed by atoms with Crippen LogP contribution in [-0.4, -0.2) is 27.7 Å². The fraction of sp³-hybridized carbons (Fsp3) is 0.383. The Labute approximate surface area is 427 Å². The van der Waals surface area contributed by atoms with Crippen LogP contribution in [0.1, 0.15) is 102 Å². The van der Waals surface area contributed by atoms with Gasteiger partial charge in [0.2, 0.25) is 0 Å². The molecule has 0 spiro atoms. The van der Waals surface area contributed by atoms with Crippen molar-refractivity contribution in [3.8, 4) is 44.9 Å². The van der Waals surface area contributed by atoms with Crippen LogP contribution in [0.3, 0.4) is 0 Å². The molecule has 374 valence electrons. The summed E-state index contributed by atoms with van der Waals surface area (Å²) >= 11 is 0. The zero-order chi connectivity index (χ0) is 51.7. The summed E-state index contributed by atoms with van der Waals surface area (Å²) in [6.07, 6.45) is 0.969. The number of aryl methyl sites for hydroxylation is 4. The van der Waals surface area contributed by atoms with Gasteiger partial charge in [0.25, 0.3) is 0 Å². The van der Waals surface area contributed by atoms with E-state index in [1.807, 2.05) is 13.8 Å². The van der Waals surface area contributed by atoms with Gasteiger partial charge in [-0.3, -0.25) is 4.52 Å². The zero-order valence-corrected chi connectivity index (χ0v) is 49.2. The molecule has 1 atom stereocenters. The molecule has 11 heteroatoms. The highest BCUT2D eigenvalue weighted by molar-refractivity contribution is 7.43. The lowest BCUT2D eigenvalue weighted by molar-refractivity contribution is -0.143. The molecule has 0 bridgehead atoms. The maximum Gasteiger partial charge on any atom is 0.466 e. The fourth-order valence-corrected chi connectivity index (χ4v) is 15.3. The third kappa shape index (κ3) is 10.6. The maximum absolute atomic E-state index is 13.6. The van der Waals surface area contributed by atoms with E-state index in [1.165, 1.54) is 33.4 Å². The molecule has 0 aliphatic carbocycles. The number of hydrogen-bond donors (Lipinski definition) is 0. The highest BCUT2D eigenvalue weighted by atomic mass is 31.2. The summed E-state index contributed by atoms with van der Waals surface area (Å²) in [6.45, 7) is 40.2. The maximum atomic E-state index is 13.6. The number of rotatable bonds is 11. The molecule has 7 nitrogen and oxygen atoms in total. The highest BCUT2D eigenvalue weighted by Crippen LogP contribution is 2.56. The summed E-state index contributed by atoms with van der Waals surface area (Å²) in [5.74, 6) is 0.992. The van der Waals surface area contributed by atoms with E-state index in [9.17, 15) is 4.79 Å². The number of carbonyl (C=O) groups excluding carboxylic acids is 1. The zero-order valence-electron chi connectivity index (χ0n) is 45.4. The second kappa shape index (κ2) is 19.2. The quantitative estimate of drug-likeness (QED) is 0.0943. The Morgan fingerprint density at radius 1 is 0.535 bits per heavy atom. The number of carbonyl (C=O) groups is 1. The van der Waals surface area contributed by atoms with Crippen molar-refractivity contribution < 1.29 is 31.3 Å². The summed E-state index contributed by atoms with van der Waals surface area (Å²) < 4.78 is 42.2. The summed E-state index contributed by atoms with van der Waals surface area (Å²) in [5, 5.41) is 4.11. The first-order valence-corrected chi connectivity index (χ1v) is 34.3. The molecule has 0 amide bonds. The molecule has 1 fully saturated rings. The van der Waals surface area contributed by atoms with Gasteiger partial charge in [0.05, 0.1) is 16.1 Å². The van der Waals surface area contributed by atoms with Crippen LogP contribution in [-0.2, 0) is 24.7 Å². The minimum atomic E-state index is -2.28. The molecular weight excluding hydrogens is 951 g/mol. The van der Waals surface area contributed by atoms with Gasteiger partial charge in [0, 0.05) is 33.0 Å². The van der Waals surface area contributed by atoms with E-state index in [1.54, 1.807) is 0 Å². The van der Waals surface area contributed by atoms with Crippen LogP contribution in [0.5, 0.6) is 11.5 Å². The van der Waals surface area contributed by atoms with Gasteiger partial charge in [-0.25, -0.2) is 4.79 Å². The van der Waals surface area contributed by atoms with Crippen molar-refractivity contribution in [2.45, 2.75) is 152 Å². The molecule has 8 rings (SSSR count). The Bertz CT molecular complexity index is 3100. The Morgan fingerprint density at radius 3 is 1.28 bits per heavy atom. The molecule has 2 heterocycles. The van der Waals surface area contributed by atoms with E-state index in [-0.39, 0.29) is 16.8 Å². The lowest BCUT2D eigenvalue weighted by atomic mass is 9.83. The third-order valence-electron chi connectivity index (χ3n) is 13.8. The van der Waals surface area contributed by atoms with Gasteiger partial charge in [0.1, 0.15) is 11.5 Å². The van der Waals surface area contributed by atoms with Gasteiger partial charge < -0.3 is 22.0 Å². The SMILES string of the molecule is CCC1(CC)OP(Oc2c(-c3cc(C(C)(C)C)cc([Si](C)(C)C)c3Op3oc4c(-c5cc(C)cc(C)c5)cccc4c4cccc(-c5cc(C)cc(C)c5)c4o3)cc(C(C)(C)C)cc2[Si](C)(C)C)OC1=O. The topological polar surface area (TPSA) is 80.3 Å². The highest BCUT2D eigenvalue weighted by Gasteiger charge is 2.51. The van der Waals surface area contributed by atoms with Crippen molar-refractivity contribution in [1.29, 1.82) is 0 Å². The molecule has 0 N–H and O–H groups in total. The lowest BCUT2D eigenvalue weighted by Gasteiger charge is -2.31. The van der Waals surface area contributed by atoms with E-state index in [0.717, 1.165) is 54.5 Å². The summed E-state index contributed by atoms with van der Waals surface area (Å²) in [4.78, 5) is 13.6. The van der Waals surface area contributed by atoms with Gasteiger partial charge in [0.15, 0.2) is 16.8 Å². The van der Waals surface area contributed by atoms with Crippen molar-refractivity contribution in [2.24, 2.45) is 0 Å². The van der Waals surface area contributed by atoms with Crippen molar-refractivity contribution in [2.75, 3.05) is 0 Å². The smallest absolute Gasteiger partial charge is 0.417 e. The van der Waals surface area contributed by atoms with E-state index >= 15 is 0 Å². The van der Waals surface area contributed by atoms with Crippen LogP contribution in [0.25, 0.3) is 55.3 Å². The number of fused-ring (bicyclic) bond motifs is 3. The third-order valence-corrected chi connectivity index (χ3v) is 19.9. The molecule has 1 aliphatic heterocycles. The van der Waals surface area contributed by atoms with Crippen LogP contribution >= 0.6 is 16.8 Å². The average Bonchev–Trinajstić information content (AvgIpc) is 3.48. The van der Waals surface area contributed by atoms with Crippen LogP contribution in [0.2, 0.25) is 39.3 Å². The Hall–Kier alpha value is -4.89. The molecule has 1 unspecified atom stereocenters. The van der Waals surface area contributed by atoms with Gasteiger partial charge in [-0.15, -0.1) is 0 Å². The molecule has 71 heavy (non-hydrogen) atoms. The summed E-state index contributed by atoms with van der Waals surface area (Å²) in [5.41, 5.74) is 12.7. The first kappa shape index (κ1) is 52.4. The molecule has 1 saturated heterocycles. The molecule has 7 aromatic rings. The number of para-hydroxylation sites is 2. The van der Waals surface area contributed by atoms with Crippen molar-refractivity contribution >= 4 is 71.3 Å². The second-order valence-corrected chi connectivity index (χ2v) is 36.0. The molecule has 0 radical (unpaired) electrons. The summed E-state index contributed by atoms with van der Waals surface area (Å²) in [7, 11) is -8.79. The minimum Gasteiger partial charge on any atom is -0.417 e. The van der Waals surface area contributed by atoms with Crippen molar-refractivity contribution in [3.05, 3.63) is 130 Å². The Kier molecular flexibility index (Phi) is 14.2. The first-order chi connectivity index (χ1) is 33.1. The lowest BCUT2D eigenvalue weighted by Crippen LogP contribution is -2.40. The number of hydrogen-bond acceptors (Lipinski definition) is 7. The Balaban J connectivity index is 1.52. The van der Waals surface area contributed by atoms with Gasteiger partial charge in [-0.05, 0) is 96.1 Å². The molecule has 6 aromatic carbocycles. The predicted octanol–water partition coefficient (Wildman–Crippen LogP) is 17.8. The van der Waals surface area contributed by atoms with E-state index in [0.29, 0.717) is 35.5 Å². The van der Waals surface area contributed by atoms with Gasteiger partial charge in [-0.2, -0.15) is 0 Å². The van der Waals surface area contributed by atoms with Crippen LogP contribution in [0.15, 0.2) is 105 Å². The molecule has 1 aliphatic rings. The van der Waals surface area contributed by atoms with Crippen LogP contribution in [0.4, 0.5) is 0 Å². The number of benzene rings is 6. The standard InChI is InChI=1S/C60H74O7P2Si2/c1-19-60(20-2)57(61)66-69(67-60)65-56-50(34-44(59(10,11)12)36-52(56)71(16,17)18)49-33-43(58(7,8)9)35-51(70(13,14)15)55(49)64-68-62-53-45(41-29-37(3)27-38(4)30-41)23-21-25-47(53)48-26-22-24-46(54(48)63-68)42-31-39(5)28-40(6)32-42/h21-36H,19-20H2,1-18H3. The monoisotopic (exact) mass is 1020 g/mol. The normalized spacial score (nSPS) is 15.4. The molecule has 1 aromatic heterocycles. The van der Waals surface area contributed by atoms with Crippen molar-refractivity contribution in [1.82, 2.24) is 0 Å². The molecule has 0 saturated carbocycles. The van der Waals surface area contributed by atoms with Gasteiger partial charge >= 0.3 is 22.8 Å². The van der Waals surface area contributed by atoms with Crippen molar-refractivity contribution in [3.63, 3.8) is 0 Å². The van der Waals surface area contributed by atoms with E-state index < -0.39 is 38.6 Å². The van der Waals surface area contributed by atoms with Crippen LogP contribution < -0.4 is 19.4 Å². The predicted molar refractivity (Wildman–Crippen MR) is 305 cm³/mol. The van der Waals surface area contributed by atoms with E-state index in [2.05, 4.69) is 206 Å². The summed E-state index contributed by atoms with van der Waals surface area (Å²) in [6, 6.07) is 35.3. The van der Waals surface area contributed by atoms with Gasteiger partial charge in [-0.1, -0.05) is 202 Å².